The van der Waals surface area contributed by atoms with Crippen molar-refractivity contribution in [3.05, 3.63) is 138 Å². The van der Waals surface area contributed by atoms with Crippen molar-refractivity contribution in [2.75, 3.05) is 37.1 Å². The summed E-state index contributed by atoms with van der Waals surface area (Å²) in [6.45, 7) is 6.94. The van der Waals surface area contributed by atoms with E-state index < -0.39 is 19.8 Å². The average Bonchev–Trinajstić information content (AvgIpc) is 3.58. The van der Waals surface area contributed by atoms with Gasteiger partial charge in [0.05, 0.1) is 51.3 Å². The number of amides is 3. The fourth-order valence-electron chi connectivity index (χ4n) is 9.33. The Balaban J connectivity index is 1.24. The van der Waals surface area contributed by atoms with Gasteiger partial charge >= 0.3 is 0 Å². The van der Waals surface area contributed by atoms with Crippen molar-refractivity contribution >= 4 is 48.0 Å². The van der Waals surface area contributed by atoms with Crippen molar-refractivity contribution < 1.29 is 33.7 Å². The predicted molar refractivity (Wildman–Crippen MR) is 222 cm³/mol. The van der Waals surface area contributed by atoms with Crippen molar-refractivity contribution in [3.63, 3.8) is 0 Å². The van der Waals surface area contributed by atoms with Crippen molar-refractivity contribution in [2.45, 2.75) is 50.2 Å². The van der Waals surface area contributed by atoms with Crippen LogP contribution in [0.15, 0.2) is 121 Å². The summed E-state index contributed by atoms with van der Waals surface area (Å²) >= 11 is 0. The molecule has 8 rings (SSSR count). The van der Waals surface area contributed by atoms with E-state index in [4.69, 9.17) is 14.2 Å². The molecule has 1 saturated heterocycles. The fourth-order valence-corrected chi connectivity index (χ4v) is 13.3. The highest BCUT2D eigenvalue weighted by Gasteiger charge is 2.66. The minimum Gasteiger partial charge on any atom is -0.497 e. The Morgan fingerprint density at radius 3 is 2.28 bits per heavy atom. The minimum atomic E-state index is -2.57. The van der Waals surface area contributed by atoms with Crippen LogP contribution in [0, 0.1) is 5.92 Å². The fraction of sp³-hybridized carbons (Fsp3) is 0.283. The number of likely N-dealkylation sites (N-methyl/N-ethyl adjacent to an activating group) is 1. The van der Waals surface area contributed by atoms with Gasteiger partial charge in [0.2, 0.25) is 5.91 Å². The predicted octanol–water partition coefficient (Wildman–Crippen LogP) is 7.38. The Labute approximate surface area is 334 Å². The molecule has 57 heavy (non-hydrogen) atoms. The zero-order valence-corrected chi connectivity index (χ0v) is 33.8. The summed E-state index contributed by atoms with van der Waals surface area (Å²) in [5, 5.41) is 11.2. The van der Waals surface area contributed by atoms with Gasteiger partial charge in [0.15, 0.2) is 11.4 Å². The maximum absolute atomic E-state index is 14.9. The van der Waals surface area contributed by atoms with E-state index in [-0.39, 0.29) is 48.8 Å². The second-order valence-electron chi connectivity index (χ2n) is 15.7. The molecule has 1 N–H and O–H groups in total. The third-order valence-electron chi connectivity index (χ3n) is 12.2. The van der Waals surface area contributed by atoms with Gasteiger partial charge in [-0.15, -0.1) is 0 Å². The number of nitrogens with zero attached hydrogens (tertiary/aromatic N) is 3. The number of carbonyl (C=O) groups is 3. The zero-order chi connectivity index (χ0) is 40.1. The van der Waals surface area contributed by atoms with Crippen LogP contribution in [0.5, 0.6) is 17.2 Å². The van der Waals surface area contributed by atoms with Gasteiger partial charge in [-0.3, -0.25) is 19.3 Å². The molecule has 3 aliphatic rings. The number of carbonyl (C=O) groups excluding carboxylic acids is 3. The second kappa shape index (κ2) is 15.0. The molecular formula is C46H47N3O7Si. The lowest BCUT2D eigenvalue weighted by Crippen LogP contribution is -2.52. The topological polar surface area (TPSA) is 109 Å². The standard InChI is InChI=1S/C46H47N3O7Si/c1-30-43(57(4,5)34-22-20-33(54-3)21-23-34)41(28-42(51)48(25-26-50)29-31-13-7-6-8-14-31)56-46(30)36-27-32(19-24-37(36)47(2)45(46)53)49-38-16-10-12-18-40(38)55-39-17-11-9-15-35(39)44(49)52/h6-24,27,30,41,43,50H,25-26,28-29H2,1-5H3/t30-,41+,43-,46+/m0/s1. The number of ether oxygens (including phenoxy) is 3. The number of rotatable bonds is 10. The van der Waals surface area contributed by atoms with Crippen LogP contribution in [0.25, 0.3) is 0 Å². The molecule has 5 aromatic carbocycles. The molecule has 10 nitrogen and oxygen atoms in total. The maximum atomic E-state index is 14.9. The van der Waals surface area contributed by atoms with Gasteiger partial charge in [0, 0.05) is 37.3 Å². The van der Waals surface area contributed by atoms with Crippen LogP contribution >= 0.6 is 0 Å². The zero-order valence-electron chi connectivity index (χ0n) is 32.8. The summed E-state index contributed by atoms with van der Waals surface area (Å²) in [5.41, 5.74) is 2.19. The van der Waals surface area contributed by atoms with Crippen LogP contribution in [0.3, 0.4) is 0 Å². The number of anilines is 3. The van der Waals surface area contributed by atoms with Gasteiger partial charge in [-0.05, 0) is 65.7 Å². The molecule has 292 valence electrons. The molecule has 0 aromatic heterocycles. The lowest BCUT2D eigenvalue weighted by atomic mass is 9.82. The quantitative estimate of drug-likeness (QED) is 0.147. The first-order valence-corrected chi connectivity index (χ1v) is 22.4. The lowest BCUT2D eigenvalue weighted by Gasteiger charge is -2.37. The number of hydrogen-bond donors (Lipinski definition) is 1. The first kappa shape index (κ1) is 38.1. The molecule has 1 fully saturated rings. The molecular weight excluding hydrogens is 735 g/mol. The van der Waals surface area contributed by atoms with Crippen molar-refractivity contribution in [3.8, 4) is 17.2 Å². The summed E-state index contributed by atoms with van der Waals surface area (Å²) < 4.78 is 19.0. The Morgan fingerprint density at radius 2 is 1.56 bits per heavy atom. The number of methoxy groups -OCH3 is 1. The summed E-state index contributed by atoms with van der Waals surface area (Å²) in [6.07, 6.45) is -0.616. The number of fused-ring (bicyclic) bond motifs is 4. The van der Waals surface area contributed by atoms with E-state index in [0.717, 1.165) is 16.5 Å². The van der Waals surface area contributed by atoms with Crippen LogP contribution in [0.1, 0.15) is 34.8 Å². The highest BCUT2D eigenvalue weighted by molar-refractivity contribution is 6.91. The van der Waals surface area contributed by atoms with Crippen LogP contribution in [-0.2, 0) is 26.5 Å². The Kier molecular flexibility index (Phi) is 10.0. The van der Waals surface area contributed by atoms with E-state index in [1.54, 1.807) is 41.0 Å². The number of para-hydroxylation sites is 3. The molecule has 0 radical (unpaired) electrons. The Morgan fingerprint density at radius 1 is 0.877 bits per heavy atom. The van der Waals surface area contributed by atoms with E-state index in [0.29, 0.717) is 46.2 Å². The average molecular weight is 782 g/mol. The van der Waals surface area contributed by atoms with Crippen molar-refractivity contribution in [1.29, 1.82) is 0 Å². The van der Waals surface area contributed by atoms with Gasteiger partial charge in [0.1, 0.15) is 11.5 Å². The number of aliphatic hydroxyl groups is 1. The van der Waals surface area contributed by atoms with E-state index >= 15 is 0 Å². The maximum Gasteiger partial charge on any atom is 0.266 e. The normalized spacial score (nSPS) is 21.1. The Bertz CT molecular complexity index is 2330. The van der Waals surface area contributed by atoms with Gasteiger partial charge in [-0.2, -0.15) is 0 Å². The smallest absolute Gasteiger partial charge is 0.266 e. The molecule has 0 saturated carbocycles. The van der Waals surface area contributed by atoms with Crippen LogP contribution in [-0.4, -0.2) is 69.2 Å². The Hall–Kier alpha value is -5.75. The van der Waals surface area contributed by atoms with Crippen LogP contribution < -0.4 is 24.5 Å². The number of aliphatic hydroxyl groups excluding tert-OH is 1. The van der Waals surface area contributed by atoms with Crippen LogP contribution in [0.2, 0.25) is 18.6 Å². The second-order valence-corrected chi connectivity index (χ2v) is 20.3. The molecule has 4 atom stereocenters. The highest BCUT2D eigenvalue weighted by atomic mass is 28.3. The summed E-state index contributed by atoms with van der Waals surface area (Å²) in [5.74, 6) is 0.718. The first-order chi connectivity index (χ1) is 27.5. The van der Waals surface area contributed by atoms with Gasteiger partial charge in [-0.25, -0.2) is 0 Å². The van der Waals surface area contributed by atoms with Gasteiger partial charge in [0.25, 0.3) is 11.8 Å². The van der Waals surface area contributed by atoms with Crippen molar-refractivity contribution in [1.82, 2.24) is 4.90 Å². The third kappa shape index (κ3) is 6.39. The SMILES string of the molecule is COc1ccc([Si](C)(C)[C@@H]2[C@@H](CC(=O)N(CCO)Cc3ccccc3)O[C@]3(C(=O)N(C)c4ccc(N5C(=O)c6ccccc6Oc6ccccc65)cc43)[C@H]2C)cc1. The molecule has 3 aliphatic heterocycles. The molecule has 11 heteroatoms. The van der Waals surface area contributed by atoms with E-state index in [1.807, 2.05) is 97.1 Å². The van der Waals surface area contributed by atoms with Gasteiger partial charge in [-0.1, -0.05) is 91.9 Å². The summed E-state index contributed by atoms with van der Waals surface area (Å²) in [7, 11) is 0.822. The van der Waals surface area contributed by atoms with E-state index in [2.05, 4.69) is 32.2 Å². The summed E-state index contributed by atoms with van der Waals surface area (Å²) in [4.78, 5) is 48.8. The number of benzene rings is 5. The lowest BCUT2D eigenvalue weighted by molar-refractivity contribution is -0.149. The van der Waals surface area contributed by atoms with E-state index in [9.17, 15) is 19.5 Å². The van der Waals surface area contributed by atoms with Gasteiger partial charge < -0.3 is 29.1 Å². The molecule has 1 spiro atoms. The molecule has 5 aromatic rings. The third-order valence-corrected chi connectivity index (χ3v) is 16.5. The number of hydrogen-bond acceptors (Lipinski definition) is 7. The minimum absolute atomic E-state index is 0.0221. The molecule has 3 heterocycles. The van der Waals surface area contributed by atoms with Crippen LogP contribution in [0.4, 0.5) is 17.1 Å². The molecule has 0 unspecified atom stereocenters. The monoisotopic (exact) mass is 781 g/mol. The van der Waals surface area contributed by atoms with E-state index in [1.165, 1.54) is 0 Å². The molecule has 0 aliphatic carbocycles. The molecule has 0 bridgehead atoms. The largest absolute Gasteiger partial charge is 0.497 e. The van der Waals surface area contributed by atoms with Crippen molar-refractivity contribution in [2.24, 2.45) is 5.92 Å². The highest BCUT2D eigenvalue weighted by Crippen LogP contribution is 2.60. The first-order valence-electron chi connectivity index (χ1n) is 19.4. The molecule has 3 amide bonds. The summed E-state index contributed by atoms with van der Waals surface area (Å²) in [6, 6.07) is 38.0.